The van der Waals surface area contributed by atoms with Gasteiger partial charge in [0.05, 0.1) is 0 Å². The van der Waals surface area contributed by atoms with Crippen molar-refractivity contribution in [2.45, 2.75) is 25.7 Å². The molecule has 6 heteroatoms. The molecule has 2 aromatic heterocycles. The zero-order chi connectivity index (χ0) is 11.9. The number of unbranched alkanes of at least 4 members (excludes halogenated alkanes) is 3. The molecular weight excluding hydrogens is 218 g/mol. The van der Waals surface area contributed by atoms with Crippen LogP contribution in [-0.4, -0.2) is 37.8 Å². The predicted molar refractivity (Wildman–Crippen MR) is 64.8 cm³/mol. The zero-order valence-corrected chi connectivity index (χ0v) is 9.71. The summed E-state index contributed by atoms with van der Waals surface area (Å²) in [6.07, 6.45) is 9.34. The molecule has 6 nitrogen and oxygen atoms in total. The number of hydrogen-bond donors (Lipinski definition) is 2. The summed E-state index contributed by atoms with van der Waals surface area (Å²) in [5.74, 6) is 0.771. The first-order valence-corrected chi connectivity index (χ1v) is 5.91. The zero-order valence-electron chi connectivity index (χ0n) is 9.71. The summed E-state index contributed by atoms with van der Waals surface area (Å²) >= 11 is 0. The molecule has 92 valence electrons. The molecule has 17 heavy (non-hydrogen) atoms. The van der Waals surface area contributed by atoms with Gasteiger partial charge in [-0.1, -0.05) is 12.8 Å². The van der Waals surface area contributed by atoms with Crippen LogP contribution in [0.5, 0.6) is 0 Å². The minimum atomic E-state index is 0.286. The second kappa shape index (κ2) is 6.15. The van der Waals surface area contributed by atoms with Crippen LogP contribution >= 0.6 is 0 Å². The maximum Gasteiger partial charge on any atom is 0.203 e. The first-order chi connectivity index (χ1) is 8.42. The van der Waals surface area contributed by atoms with Gasteiger partial charge >= 0.3 is 0 Å². The normalized spacial score (nSPS) is 10.9. The van der Waals surface area contributed by atoms with Gasteiger partial charge in [-0.3, -0.25) is 4.40 Å². The van der Waals surface area contributed by atoms with Gasteiger partial charge < -0.3 is 10.4 Å². The molecule has 0 radical (unpaired) electrons. The van der Waals surface area contributed by atoms with Crippen LogP contribution in [0.25, 0.3) is 5.65 Å². The van der Waals surface area contributed by atoms with Crippen LogP contribution in [0.4, 0.5) is 5.82 Å². The molecular formula is C11H17N5O. The first-order valence-electron chi connectivity index (χ1n) is 5.91. The van der Waals surface area contributed by atoms with Crippen molar-refractivity contribution >= 4 is 11.5 Å². The summed E-state index contributed by atoms with van der Waals surface area (Å²) in [6.45, 7) is 1.15. The lowest BCUT2D eigenvalue weighted by atomic mass is 10.2. The summed E-state index contributed by atoms with van der Waals surface area (Å²) in [4.78, 5) is 4.24. The van der Waals surface area contributed by atoms with E-state index < -0.39 is 0 Å². The average Bonchev–Trinajstić information content (AvgIpc) is 2.82. The standard InChI is InChI=1S/C11H17N5O/c17-8-4-2-1-3-5-12-10-11-15-14-9-16(11)7-6-13-10/h6-7,9,17H,1-5,8H2,(H,12,13). The van der Waals surface area contributed by atoms with E-state index in [9.17, 15) is 0 Å². The highest BCUT2D eigenvalue weighted by Gasteiger charge is 2.02. The summed E-state index contributed by atoms with van der Waals surface area (Å²) in [7, 11) is 0. The second-order valence-corrected chi connectivity index (χ2v) is 3.90. The summed E-state index contributed by atoms with van der Waals surface area (Å²) < 4.78 is 1.83. The van der Waals surface area contributed by atoms with Crippen molar-refractivity contribution in [1.29, 1.82) is 0 Å². The number of aliphatic hydroxyl groups excluding tert-OH is 1. The number of hydrogen-bond acceptors (Lipinski definition) is 5. The van der Waals surface area contributed by atoms with Crippen molar-refractivity contribution in [1.82, 2.24) is 19.6 Å². The lowest BCUT2D eigenvalue weighted by molar-refractivity contribution is 0.283. The molecule has 0 saturated carbocycles. The van der Waals surface area contributed by atoms with Crippen molar-refractivity contribution in [3.8, 4) is 0 Å². The van der Waals surface area contributed by atoms with Gasteiger partial charge in [0.1, 0.15) is 6.33 Å². The Morgan fingerprint density at radius 3 is 3.00 bits per heavy atom. The Balaban J connectivity index is 1.80. The van der Waals surface area contributed by atoms with Crippen molar-refractivity contribution in [2.75, 3.05) is 18.5 Å². The molecule has 2 rings (SSSR count). The molecule has 0 unspecified atom stereocenters. The Morgan fingerprint density at radius 1 is 1.24 bits per heavy atom. The van der Waals surface area contributed by atoms with Crippen molar-refractivity contribution in [3.63, 3.8) is 0 Å². The minimum Gasteiger partial charge on any atom is -0.396 e. The quantitative estimate of drug-likeness (QED) is 0.703. The largest absolute Gasteiger partial charge is 0.396 e. The van der Waals surface area contributed by atoms with Crippen LogP contribution in [0, 0.1) is 0 Å². The van der Waals surface area contributed by atoms with E-state index >= 15 is 0 Å². The molecule has 0 aliphatic rings. The predicted octanol–water partition coefficient (Wildman–Crippen LogP) is 1.09. The highest BCUT2D eigenvalue weighted by molar-refractivity contribution is 5.61. The number of anilines is 1. The fraction of sp³-hybridized carbons (Fsp3) is 0.545. The molecule has 0 saturated heterocycles. The fourth-order valence-electron chi connectivity index (χ4n) is 1.68. The molecule has 0 fully saturated rings. The van der Waals surface area contributed by atoms with E-state index in [1.807, 2.05) is 10.6 Å². The SMILES string of the molecule is OCCCCCCNc1nccn2cnnc12. The van der Waals surface area contributed by atoms with Gasteiger partial charge in [0.2, 0.25) is 5.65 Å². The van der Waals surface area contributed by atoms with Crippen LogP contribution in [0.3, 0.4) is 0 Å². The molecule has 0 amide bonds. The van der Waals surface area contributed by atoms with Gasteiger partial charge in [0.25, 0.3) is 0 Å². The van der Waals surface area contributed by atoms with Gasteiger partial charge in [-0.25, -0.2) is 4.98 Å². The Hall–Kier alpha value is -1.69. The Morgan fingerprint density at radius 2 is 2.12 bits per heavy atom. The van der Waals surface area contributed by atoms with E-state index in [4.69, 9.17) is 5.11 Å². The Bertz CT molecular complexity index is 456. The van der Waals surface area contributed by atoms with Gasteiger partial charge in [-0.15, -0.1) is 10.2 Å². The smallest absolute Gasteiger partial charge is 0.203 e. The molecule has 0 atom stereocenters. The van der Waals surface area contributed by atoms with E-state index in [0.29, 0.717) is 0 Å². The van der Waals surface area contributed by atoms with E-state index in [1.165, 1.54) is 0 Å². The van der Waals surface area contributed by atoms with Crippen molar-refractivity contribution in [2.24, 2.45) is 0 Å². The number of aliphatic hydroxyl groups is 1. The molecule has 2 heterocycles. The van der Waals surface area contributed by atoms with Crippen LogP contribution in [-0.2, 0) is 0 Å². The monoisotopic (exact) mass is 235 g/mol. The van der Waals surface area contributed by atoms with E-state index in [1.54, 1.807) is 12.5 Å². The molecule has 0 aliphatic carbocycles. The Labute approximate surface area is 99.7 Å². The van der Waals surface area contributed by atoms with Gasteiger partial charge in [-0.2, -0.15) is 0 Å². The summed E-state index contributed by atoms with van der Waals surface area (Å²) in [5.41, 5.74) is 0.753. The molecule has 0 aromatic carbocycles. The maximum absolute atomic E-state index is 8.65. The third-order valence-corrected chi connectivity index (χ3v) is 2.59. The maximum atomic E-state index is 8.65. The lowest BCUT2D eigenvalue weighted by Crippen LogP contribution is -2.05. The number of fused-ring (bicyclic) bond motifs is 1. The van der Waals surface area contributed by atoms with Gasteiger partial charge in [0.15, 0.2) is 5.82 Å². The number of rotatable bonds is 7. The van der Waals surface area contributed by atoms with E-state index in [-0.39, 0.29) is 6.61 Å². The number of nitrogens with zero attached hydrogens (tertiary/aromatic N) is 4. The summed E-state index contributed by atoms with van der Waals surface area (Å²) in [5, 5.41) is 19.7. The molecule has 0 spiro atoms. The van der Waals surface area contributed by atoms with Crippen LogP contribution in [0.2, 0.25) is 0 Å². The van der Waals surface area contributed by atoms with E-state index in [0.717, 1.165) is 43.7 Å². The molecule has 2 N–H and O–H groups in total. The van der Waals surface area contributed by atoms with Crippen LogP contribution < -0.4 is 5.32 Å². The fourth-order valence-corrected chi connectivity index (χ4v) is 1.68. The van der Waals surface area contributed by atoms with Crippen LogP contribution in [0.1, 0.15) is 25.7 Å². The third-order valence-electron chi connectivity index (χ3n) is 2.59. The topological polar surface area (TPSA) is 75.3 Å². The van der Waals surface area contributed by atoms with Crippen LogP contribution in [0.15, 0.2) is 18.7 Å². The third kappa shape index (κ3) is 3.13. The number of aromatic nitrogens is 4. The van der Waals surface area contributed by atoms with Gasteiger partial charge in [0, 0.05) is 25.5 Å². The highest BCUT2D eigenvalue weighted by atomic mass is 16.2. The van der Waals surface area contributed by atoms with Crippen molar-refractivity contribution in [3.05, 3.63) is 18.7 Å². The number of nitrogens with one attached hydrogen (secondary N) is 1. The van der Waals surface area contributed by atoms with Gasteiger partial charge in [-0.05, 0) is 12.8 Å². The average molecular weight is 235 g/mol. The lowest BCUT2D eigenvalue weighted by Gasteiger charge is -2.05. The Kier molecular flexibility index (Phi) is 4.26. The van der Waals surface area contributed by atoms with Crippen molar-refractivity contribution < 1.29 is 5.11 Å². The molecule has 0 aliphatic heterocycles. The molecule has 2 aromatic rings. The highest BCUT2D eigenvalue weighted by Crippen LogP contribution is 2.09. The van der Waals surface area contributed by atoms with E-state index in [2.05, 4.69) is 20.5 Å². The first kappa shape index (κ1) is 11.8. The summed E-state index contributed by atoms with van der Waals surface area (Å²) in [6, 6.07) is 0. The minimum absolute atomic E-state index is 0.286. The second-order valence-electron chi connectivity index (χ2n) is 3.90. The molecule has 0 bridgehead atoms.